The Hall–Kier alpha value is -0.500. The van der Waals surface area contributed by atoms with Crippen molar-refractivity contribution in [3.63, 3.8) is 0 Å². The molecule has 0 aliphatic heterocycles. The third-order valence-corrected chi connectivity index (χ3v) is 3.85. The summed E-state index contributed by atoms with van der Waals surface area (Å²) in [4.78, 5) is 0. The zero-order valence-corrected chi connectivity index (χ0v) is 10.6. The van der Waals surface area contributed by atoms with Gasteiger partial charge >= 0.3 is 0 Å². The van der Waals surface area contributed by atoms with Crippen LogP contribution in [-0.4, -0.2) is 6.04 Å². The van der Waals surface area contributed by atoms with Crippen molar-refractivity contribution in [1.29, 1.82) is 0 Å². The largest absolute Gasteiger partial charge is 0.328 e. The Bertz CT molecular complexity index is 402. The number of benzene rings is 1. The van der Waals surface area contributed by atoms with E-state index in [1.165, 1.54) is 5.57 Å². The van der Waals surface area contributed by atoms with Crippen LogP contribution in [0.3, 0.4) is 0 Å². The van der Waals surface area contributed by atoms with Crippen LogP contribution < -0.4 is 5.73 Å². The summed E-state index contributed by atoms with van der Waals surface area (Å²) in [7, 11) is 0. The fraction of sp³-hybridized carbons (Fsp3) is 0.385. The molecule has 0 spiro atoms. The minimum atomic E-state index is 0.368. The lowest BCUT2D eigenvalue weighted by Gasteiger charge is -2.20. The number of nitrogens with two attached hydrogens (primary N) is 1. The SMILES string of the molecule is NC1CCC(=Cc2cccc(Cl)c2Cl)CC1. The number of allylic oxidation sites excluding steroid dienone is 1. The smallest absolute Gasteiger partial charge is 0.0664 e. The predicted molar refractivity (Wildman–Crippen MR) is 70.9 cm³/mol. The van der Waals surface area contributed by atoms with Crippen molar-refractivity contribution < 1.29 is 0 Å². The van der Waals surface area contributed by atoms with Crippen molar-refractivity contribution >= 4 is 29.3 Å². The van der Waals surface area contributed by atoms with E-state index in [1.807, 2.05) is 18.2 Å². The van der Waals surface area contributed by atoms with Crippen LogP contribution in [-0.2, 0) is 0 Å². The van der Waals surface area contributed by atoms with Crippen molar-refractivity contribution in [1.82, 2.24) is 0 Å². The highest BCUT2D eigenvalue weighted by atomic mass is 35.5. The second-order valence-electron chi connectivity index (χ2n) is 4.28. The maximum Gasteiger partial charge on any atom is 0.0664 e. The van der Waals surface area contributed by atoms with Crippen molar-refractivity contribution in [2.24, 2.45) is 5.73 Å². The van der Waals surface area contributed by atoms with E-state index in [2.05, 4.69) is 6.08 Å². The van der Waals surface area contributed by atoms with Crippen LogP contribution in [0.2, 0.25) is 10.0 Å². The first-order chi connectivity index (χ1) is 7.66. The number of hydrogen-bond donors (Lipinski definition) is 1. The maximum atomic E-state index is 6.14. The van der Waals surface area contributed by atoms with E-state index in [0.717, 1.165) is 31.2 Å². The molecular formula is C13H15Cl2N. The first-order valence-corrected chi connectivity index (χ1v) is 6.31. The molecule has 0 aromatic heterocycles. The summed E-state index contributed by atoms with van der Waals surface area (Å²) >= 11 is 12.1. The van der Waals surface area contributed by atoms with Gasteiger partial charge in [-0.2, -0.15) is 0 Å². The van der Waals surface area contributed by atoms with E-state index in [9.17, 15) is 0 Å². The van der Waals surface area contributed by atoms with E-state index < -0.39 is 0 Å². The molecule has 0 unspecified atom stereocenters. The van der Waals surface area contributed by atoms with Gasteiger partial charge in [0.2, 0.25) is 0 Å². The standard InChI is InChI=1S/C13H15Cl2N/c14-12-3-1-2-10(13(12)15)8-9-4-6-11(16)7-5-9/h1-3,8,11H,4-7,16H2. The molecule has 1 saturated carbocycles. The summed E-state index contributed by atoms with van der Waals surface area (Å²) in [5, 5.41) is 1.26. The molecule has 3 heteroatoms. The minimum absolute atomic E-state index is 0.368. The molecule has 1 aliphatic carbocycles. The van der Waals surface area contributed by atoms with E-state index in [0.29, 0.717) is 16.1 Å². The molecule has 0 bridgehead atoms. The summed E-state index contributed by atoms with van der Waals surface area (Å²) in [5.74, 6) is 0. The van der Waals surface area contributed by atoms with Crippen molar-refractivity contribution in [2.45, 2.75) is 31.7 Å². The summed E-state index contributed by atoms with van der Waals surface area (Å²) in [6.07, 6.45) is 6.45. The molecule has 0 saturated heterocycles. The Morgan fingerprint density at radius 1 is 1.19 bits per heavy atom. The van der Waals surface area contributed by atoms with E-state index in [-0.39, 0.29) is 0 Å². The number of halogens is 2. The monoisotopic (exact) mass is 255 g/mol. The Balaban J connectivity index is 2.19. The molecule has 0 amide bonds. The lowest BCUT2D eigenvalue weighted by Crippen LogP contribution is -2.23. The molecule has 2 N–H and O–H groups in total. The molecule has 16 heavy (non-hydrogen) atoms. The molecule has 1 nitrogen and oxygen atoms in total. The molecule has 86 valence electrons. The Morgan fingerprint density at radius 3 is 2.56 bits per heavy atom. The van der Waals surface area contributed by atoms with Gasteiger partial charge in [-0.1, -0.05) is 47.0 Å². The van der Waals surface area contributed by atoms with Crippen LogP contribution in [0.4, 0.5) is 0 Å². The minimum Gasteiger partial charge on any atom is -0.328 e. The van der Waals surface area contributed by atoms with Gasteiger partial charge in [-0.15, -0.1) is 0 Å². The summed E-state index contributed by atoms with van der Waals surface area (Å²) in [5.41, 5.74) is 8.31. The van der Waals surface area contributed by atoms with Gasteiger partial charge in [0, 0.05) is 6.04 Å². The topological polar surface area (TPSA) is 26.0 Å². The Labute approximate surface area is 106 Å². The average molecular weight is 256 g/mol. The maximum absolute atomic E-state index is 6.14. The average Bonchev–Trinajstić information content (AvgIpc) is 2.28. The molecule has 1 aliphatic rings. The molecule has 2 rings (SSSR count). The van der Waals surface area contributed by atoms with Gasteiger partial charge in [0.05, 0.1) is 10.0 Å². The third-order valence-electron chi connectivity index (χ3n) is 3.01. The molecule has 0 atom stereocenters. The lowest BCUT2D eigenvalue weighted by molar-refractivity contribution is 0.514. The molecule has 1 aromatic carbocycles. The normalized spacial score (nSPS) is 20.9. The second-order valence-corrected chi connectivity index (χ2v) is 5.07. The highest BCUT2D eigenvalue weighted by Crippen LogP contribution is 2.30. The first-order valence-electron chi connectivity index (χ1n) is 5.56. The molecule has 0 heterocycles. The third kappa shape index (κ3) is 2.79. The number of rotatable bonds is 1. The zero-order valence-electron chi connectivity index (χ0n) is 9.05. The molecule has 0 radical (unpaired) electrons. The van der Waals surface area contributed by atoms with Gasteiger partial charge in [0.25, 0.3) is 0 Å². The van der Waals surface area contributed by atoms with Crippen molar-refractivity contribution in [2.75, 3.05) is 0 Å². The van der Waals surface area contributed by atoms with Crippen LogP contribution in [0.15, 0.2) is 23.8 Å². The summed E-state index contributed by atoms with van der Waals surface area (Å²) < 4.78 is 0. The van der Waals surface area contributed by atoms with E-state index >= 15 is 0 Å². The van der Waals surface area contributed by atoms with Gasteiger partial charge in [-0.05, 0) is 37.3 Å². The van der Waals surface area contributed by atoms with Gasteiger partial charge in [-0.25, -0.2) is 0 Å². The lowest BCUT2D eigenvalue weighted by atomic mass is 9.90. The van der Waals surface area contributed by atoms with Crippen LogP contribution in [0.25, 0.3) is 6.08 Å². The van der Waals surface area contributed by atoms with Crippen LogP contribution in [0.5, 0.6) is 0 Å². The summed E-state index contributed by atoms with van der Waals surface area (Å²) in [6, 6.07) is 6.10. The number of hydrogen-bond acceptors (Lipinski definition) is 1. The Morgan fingerprint density at radius 2 is 1.88 bits per heavy atom. The molecule has 1 aromatic rings. The first kappa shape index (κ1) is 12.0. The van der Waals surface area contributed by atoms with Gasteiger partial charge in [-0.3, -0.25) is 0 Å². The van der Waals surface area contributed by atoms with E-state index in [4.69, 9.17) is 28.9 Å². The summed E-state index contributed by atoms with van der Waals surface area (Å²) in [6.45, 7) is 0. The van der Waals surface area contributed by atoms with Crippen LogP contribution >= 0.6 is 23.2 Å². The van der Waals surface area contributed by atoms with Gasteiger partial charge in [0.15, 0.2) is 0 Å². The molecular weight excluding hydrogens is 241 g/mol. The predicted octanol–water partition coefficient (Wildman–Crippen LogP) is 4.28. The highest BCUT2D eigenvalue weighted by molar-refractivity contribution is 6.42. The van der Waals surface area contributed by atoms with Crippen LogP contribution in [0, 0.1) is 0 Å². The van der Waals surface area contributed by atoms with Gasteiger partial charge < -0.3 is 5.73 Å². The second kappa shape index (κ2) is 5.22. The quantitative estimate of drug-likeness (QED) is 0.797. The Kier molecular flexibility index (Phi) is 3.91. The van der Waals surface area contributed by atoms with E-state index in [1.54, 1.807) is 0 Å². The van der Waals surface area contributed by atoms with Crippen molar-refractivity contribution in [3.05, 3.63) is 39.4 Å². The van der Waals surface area contributed by atoms with Gasteiger partial charge in [0.1, 0.15) is 0 Å². The molecule has 1 fully saturated rings. The van der Waals surface area contributed by atoms with Crippen LogP contribution in [0.1, 0.15) is 31.2 Å². The zero-order chi connectivity index (χ0) is 11.5. The highest BCUT2D eigenvalue weighted by Gasteiger charge is 2.13. The fourth-order valence-corrected chi connectivity index (χ4v) is 2.37. The fourth-order valence-electron chi connectivity index (χ4n) is 2.01. The van der Waals surface area contributed by atoms with Crippen molar-refractivity contribution in [3.8, 4) is 0 Å².